The molecule has 1 saturated heterocycles. The van der Waals surface area contributed by atoms with Crippen molar-refractivity contribution in [3.63, 3.8) is 0 Å². The molecule has 1 fully saturated rings. The van der Waals surface area contributed by atoms with Gasteiger partial charge in [0.05, 0.1) is 12.2 Å². The Balaban J connectivity index is 2.12. The minimum absolute atomic E-state index is 0.381. The molecule has 6 nitrogen and oxygen atoms in total. The van der Waals surface area contributed by atoms with E-state index in [4.69, 9.17) is 9.47 Å². The molecule has 0 aliphatic carbocycles. The number of hydrogen-bond acceptors (Lipinski definition) is 4. The van der Waals surface area contributed by atoms with E-state index in [0.29, 0.717) is 12.2 Å². The van der Waals surface area contributed by atoms with E-state index >= 15 is 0 Å². The molecule has 1 atom stereocenters. The number of rotatable bonds is 2. The molecule has 1 aromatic carbocycles. The highest BCUT2D eigenvalue weighted by Crippen LogP contribution is 2.28. The zero-order chi connectivity index (χ0) is 14.8. The molecule has 6 heteroatoms. The number of amides is 2. The maximum Gasteiger partial charge on any atom is 0.412 e. The van der Waals surface area contributed by atoms with Crippen LogP contribution in [-0.2, 0) is 9.47 Å². The van der Waals surface area contributed by atoms with E-state index in [0.717, 1.165) is 5.56 Å². The van der Waals surface area contributed by atoms with Crippen molar-refractivity contribution >= 4 is 17.9 Å². The van der Waals surface area contributed by atoms with Gasteiger partial charge in [-0.15, -0.1) is 0 Å². The number of alkyl carbamates (subject to hydrolysis) is 1. The van der Waals surface area contributed by atoms with E-state index in [9.17, 15) is 9.59 Å². The van der Waals surface area contributed by atoms with Crippen molar-refractivity contribution in [2.75, 3.05) is 11.9 Å². The Morgan fingerprint density at radius 3 is 2.70 bits per heavy atom. The summed E-state index contributed by atoms with van der Waals surface area (Å²) < 4.78 is 10.3. The molecule has 0 spiro atoms. The van der Waals surface area contributed by atoms with E-state index in [1.54, 1.807) is 39.0 Å². The van der Waals surface area contributed by atoms with Crippen molar-refractivity contribution in [2.45, 2.75) is 32.5 Å². The average Bonchev–Trinajstić information content (AvgIpc) is 2.74. The summed E-state index contributed by atoms with van der Waals surface area (Å²) in [6.45, 7) is 5.76. The lowest BCUT2D eigenvalue weighted by molar-refractivity contribution is 0.0635. The van der Waals surface area contributed by atoms with Gasteiger partial charge in [0, 0.05) is 5.56 Å². The first-order valence-corrected chi connectivity index (χ1v) is 6.38. The molecule has 108 valence electrons. The Morgan fingerprint density at radius 2 is 2.10 bits per heavy atom. The molecular weight excluding hydrogens is 260 g/mol. The van der Waals surface area contributed by atoms with Crippen LogP contribution in [0, 0.1) is 0 Å². The average molecular weight is 278 g/mol. The molecule has 20 heavy (non-hydrogen) atoms. The monoisotopic (exact) mass is 278 g/mol. The largest absolute Gasteiger partial charge is 0.444 e. The molecule has 2 N–H and O–H groups in total. The number of cyclic esters (lactones) is 1. The SMILES string of the molecule is CC(C)(C)OC(=O)Nc1ccccc1C1CNC(=O)O1. The summed E-state index contributed by atoms with van der Waals surface area (Å²) in [5, 5.41) is 5.26. The number of carbonyl (C=O) groups is 2. The summed E-state index contributed by atoms with van der Waals surface area (Å²) in [5.41, 5.74) is 0.736. The number of hydrogen-bond donors (Lipinski definition) is 2. The summed E-state index contributed by atoms with van der Waals surface area (Å²) in [4.78, 5) is 22.9. The van der Waals surface area contributed by atoms with Gasteiger partial charge in [-0.3, -0.25) is 5.32 Å². The second kappa shape index (κ2) is 5.40. The summed E-state index contributed by atoms with van der Waals surface area (Å²) in [6, 6.07) is 7.16. The van der Waals surface area contributed by atoms with Gasteiger partial charge >= 0.3 is 12.2 Å². The van der Waals surface area contributed by atoms with E-state index in [2.05, 4.69) is 10.6 Å². The smallest absolute Gasteiger partial charge is 0.412 e. The highest BCUT2D eigenvalue weighted by atomic mass is 16.6. The zero-order valence-corrected chi connectivity index (χ0v) is 11.7. The zero-order valence-electron chi connectivity index (χ0n) is 11.7. The Hall–Kier alpha value is -2.24. The number of benzene rings is 1. The van der Waals surface area contributed by atoms with E-state index < -0.39 is 23.9 Å². The minimum atomic E-state index is -0.569. The highest BCUT2D eigenvalue weighted by Gasteiger charge is 2.27. The van der Waals surface area contributed by atoms with Gasteiger partial charge in [-0.05, 0) is 26.8 Å². The maximum atomic E-state index is 11.8. The van der Waals surface area contributed by atoms with E-state index in [-0.39, 0.29) is 0 Å². The number of ether oxygens (including phenoxy) is 2. The molecule has 0 aromatic heterocycles. The van der Waals surface area contributed by atoms with Crippen LogP contribution in [0.4, 0.5) is 15.3 Å². The second-order valence-electron chi connectivity index (χ2n) is 5.49. The lowest BCUT2D eigenvalue weighted by Gasteiger charge is -2.21. The lowest BCUT2D eigenvalue weighted by atomic mass is 10.1. The topological polar surface area (TPSA) is 76.7 Å². The van der Waals surface area contributed by atoms with Gasteiger partial charge in [-0.1, -0.05) is 18.2 Å². The number of para-hydroxylation sites is 1. The molecule has 1 unspecified atom stereocenters. The molecule has 1 aliphatic heterocycles. The first kappa shape index (κ1) is 14.2. The third-order valence-electron chi connectivity index (χ3n) is 2.62. The van der Waals surface area contributed by atoms with Gasteiger partial charge in [0.25, 0.3) is 0 Å². The molecule has 0 bridgehead atoms. The Labute approximate surface area is 117 Å². The van der Waals surface area contributed by atoms with Gasteiger partial charge in [-0.25, -0.2) is 9.59 Å². The van der Waals surface area contributed by atoms with Crippen molar-refractivity contribution in [3.8, 4) is 0 Å². The summed E-state index contributed by atoms with van der Waals surface area (Å²) in [7, 11) is 0. The second-order valence-corrected chi connectivity index (χ2v) is 5.49. The molecule has 1 heterocycles. The van der Waals surface area contributed by atoms with E-state index in [1.807, 2.05) is 6.07 Å². The first-order chi connectivity index (χ1) is 9.35. The quantitative estimate of drug-likeness (QED) is 0.872. The number of carbonyl (C=O) groups excluding carboxylic acids is 2. The predicted octanol–water partition coefficient (Wildman–Crippen LogP) is 2.81. The highest BCUT2D eigenvalue weighted by molar-refractivity contribution is 5.86. The van der Waals surface area contributed by atoms with Crippen LogP contribution >= 0.6 is 0 Å². The van der Waals surface area contributed by atoms with Gasteiger partial charge in [0.1, 0.15) is 11.7 Å². The van der Waals surface area contributed by atoms with Crippen LogP contribution in [0.15, 0.2) is 24.3 Å². The van der Waals surface area contributed by atoms with Gasteiger partial charge in [-0.2, -0.15) is 0 Å². The van der Waals surface area contributed by atoms with Gasteiger partial charge in [0.2, 0.25) is 0 Å². The van der Waals surface area contributed by atoms with Gasteiger partial charge < -0.3 is 14.8 Å². The van der Waals surface area contributed by atoms with Crippen LogP contribution in [0.1, 0.15) is 32.4 Å². The van der Waals surface area contributed by atoms with Crippen LogP contribution in [0.5, 0.6) is 0 Å². The molecule has 0 saturated carbocycles. The molecule has 1 aliphatic rings. The minimum Gasteiger partial charge on any atom is -0.444 e. The van der Waals surface area contributed by atoms with Crippen molar-refractivity contribution in [1.82, 2.24) is 5.32 Å². The van der Waals surface area contributed by atoms with Gasteiger partial charge in [0.15, 0.2) is 0 Å². The number of anilines is 1. The summed E-state index contributed by atoms with van der Waals surface area (Å²) in [6.07, 6.45) is -1.40. The maximum absolute atomic E-state index is 11.8. The van der Waals surface area contributed by atoms with Crippen LogP contribution in [0.3, 0.4) is 0 Å². The summed E-state index contributed by atoms with van der Waals surface area (Å²) >= 11 is 0. The van der Waals surface area contributed by atoms with Crippen molar-refractivity contribution in [1.29, 1.82) is 0 Å². The third-order valence-corrected chi connectivity index (χ3v) is 2.62. The summed E-state index contributed by atoms with van der Waals surface area (Å²) in [5.74, 6) is 0. The fraction of sp³-hybridized carbons (Fsp3) is 0.429. The molecular formula is C14H18N2O4. The molecule has 2 rings (SSSR count). The van der Waals surface area contributed by atoms with E-state index in [1.165, 1.54) is 0 Å². The molecule has 1 aromatic rings. The first-order valence-electron chi connectivity index (χ1n) is 6.38. The molecule has 2 amide bonds. The van der Waals surface area contributed by atoms with Crippen LogP contribution < -0.4 is 10.6 Å². The predicted molar refractivity (Wildman–Crippen MR) is 73.5 cm³/mol. The standard InChI is InChI=1S/C14H18N2O4/c1-14(2,3)20-13(18)16-10-7-5-4-6-9(10)11-8-15-12(17)19-11/h4-7,11H,8H2,1-3H3,(H,15,17)(H,16,18). The van der Waals surface area contributed by atoms with Crippen LogP contribution in [0.2, 0.25) is 0 Å². The Morgan fingerprint density at radius 1 is 1.40 bits per heavy atom. The van der Waals surface area contributed by atoms with Crippen molar-refractivity contribution in [3.05, 3.63) is 29.8 Å². The molecule has 0 radical (unpaired) electrons. The Bertz CT molecular complexity index is 522. The normalized spacial score (nSPS) is 18.1. The van der Waals surface area contributed by atoms with Crippen molar-refractivity contribution in [2.24, 2.45) is 0 Å². The van der Waals surface area contributed by atoms with Crippen molar-refractivity contribution < 1.29 is 19.1 Å². The van der Waals surface area contributed by atoms with Crippen LogP contribution in [0.25, 0.3) is 0 Å². The fourth-order valence-corrected chi connectivity index (χ4v) is 1.87. The number of nitrogens with one attached hydrogen (secondary N) is 2. The lowest BCUT2D eigenvalue weighted by Crippen LogP contribution is -2.27. The Kier molecular flexibility index (Phi) is 3.83. The fourth-order valence-electron chi connectivity index (χ4n) is 1.87. The van der Waals surface area contributed by atoms with Crippen LogP contribution in [-0.4, -0.2) is 24.3 Å². The third kappa shape index (κ3) is 3.63.